The molecule has 3 aromatic carbocycles. The van der Waals surface area contributed by atoms with Crippen molar-refractivity contribution in [2.24, 2.45) is 0 Å². The zero-order valence-corrected chi connectivity index (χ0v) is 23.1. The summed E-state index contributed by atoms with van der Waals surface area (Å²) in [6.45, 7) is 2.62. The molecule has 1 aromatic heterocycles. The smallest absolute Gasteiger partial charge is 0.344 e. The summed E-state index contributed by atoms with van der Waals surface area (Å²) in [6.07, 6.45) is 1.90. The molecule has 2 atom stereocenters. The van der Waals surface area contributed by atoms with Crippen LogP contribution >= 0.6 is 11.8 Å². The van der Waals surface area contributed by atoms with Crippen LogP contribution in [0.15, 0.2) is 75.9 Å². The highest BCUT2D eigenvalue weighted by atomic mass is 32.2. The van der Waals surface area contributed by atoms with Crippen LogP contribution in [0.2, 0.25) is 0 Å². The first kappa shape index (κ1) is 27.7. The second kappa shape index (κ2) is 13.0. The minimum absolute atomic E-state index is 0.00802. The fourth-order valence-electron chi connectivity index (χ4n) is 4.79. The Kier molecular flexibility index (Phi) is 9.03. The summed E-state index contributed by atoms with van der Waals surface area (Å²) in [4.78, 5) is 38.4. The van der Waals surface area contributed by atoms with Crippen molar-refractivity contribution >= 4 is 45.3 Å². The lowest BCUT2D eigenvalue weighted by atomic mass is 10.0. The summed E-state index contributed by atoms with van der Waals surface area (Å²) in [5.41, 5.74) is 1.76. The Bertz CT molecular complexity index is 1550. The lowest BCUT2D eigenvalue weighted by Crippen LogP contribution is -2.50. The molecule has 4 aromatic rings. The van der Waals surface area contributed by atoms with Crippen LogP contribution in [0.5, 0.6) is 5.75 Å². The summed E-state index contributed by atoms with van der Waals surface area (Å²) in [7, 11) is 0. The van der Waals surface area contributed by atoms with Gasteiger partial charge in [0.25, 0.3) is 5.91 Å². The second-order valence-corrected chi connectivity index (χ2v) is 10.8. The van der Waals surface area contributed by atoms with Crippen LogP contribution in [0.1, 0.15) is 24.0 Å². The third-order valence-electron chi connectivity index (χ3n) is 6.92. The molecular weight excluding hydrogens is 528 g/mol. The number of carbonyl (C=O) groups is 2. The molecule has 0 aliphatic carbocycles. The Hall–Kier alpha value is -3.82. The molecule has 5 rings (SSSR count). The molecule has 2 amide bonds. The van der Waals surface area contributed by atoms with Gasteiger partial charge < -0.3 is 24.5 Å². The SMILES string of the molecule is Cc1c(OCC(=O)NC(CSCc2ccccc2)C(=O)NCC2CCCO2)ccc2c1oc(=O)c1ccccc12. The molecular formula is C31H32N2O6S. The molecule has 1 aliphatic heterocycles. The molecule has 2 unspecified atom stereocenters. The van der Waals surface area contributed by atoms with Gasteiger partial charge in [-0.05, 0) is 48.9 Å². The quantitative estimate of drug-likeness (QED) is 0.208. The minimum Gasteiger partial charge on any atom is -0.483 e. The minimum atomic E-state index is -0.728. The highest BCUT2D eigenvalue weighted by Crippen LogP contribution is 2.30. The second-order valence-electron chi connectivity index (χ2n) is 9.79. The van der Waals surface area contributed by atoms with E-state index in [1.807, 2.05) is 48.5 Å². The first-order valence-corrected chi connectivity index (χ1v) is 14.5. The fraction of sp³-hybridized carbons (Fsp3) is 0.323. The highest BCUT2D eigenvalue weighted by Gasteiger charge is 2.24. The first-order chi connectivity index (χ1) is 19.5. The molecule has 0 radical (unpaired) electrons. The van der Waals surface area contributed by atoms with E-state index < -0.39 is 17.6 Å². The van der Waals surface area contributed by atoms with Crippen molar-refractivity contribution in [2.75, 3.05) is 25.5 Å². The van der Waals surface area contributed by atoms with Crippen molar-refractivity contribution in [3.8, 4) is 5.75 Å². The van der Waals surface area contributed by atoms with Gasteiger partial charge >= 0.3 is 5.63 Å². The zero-order valence-electron chi connectivity index (χ0n) is 22.3. The van der Waals surface area contributed by atoms with E-state index >= 15 is 0 Å². The van der Waals surface area contributed by atoms with Crippen LogP contribution in [-0.2, 0) is 20.1 Å². The van der Waals surface area contributed by atoms with Crippen LogP contribution in [0.25, 0.3) is 21.7 Å². The van der Waals surface area contributed by atoms with Gasteiger partial charge in [0, 0.05) is 35.6 Å². The van der Waals surface area contributed by atoms with Crippen molar-refractivity contribution < 1.29 is 23.5 Å². The number of nitrogens with one attached hydrogen (secondary N) is 2. The summed E-state index contributed by atoms with van der Waals surface area (Å²) >= 11 is 1.57. The molecule has 0 saturated carbocycles. The number of ether oxygens (including phenoxy) is 2. The van der Waals surface area contributed by atoms with Gasteiger partial charge in [-0.15, -0.1) is 0 Å². The van der Waals surface area contributed by atoms with Crippen molar-refractivity contribution in [1.29, 1.82) is 0 Å². The largest absolute Gasteiger partial charge is 0.483 e. The van der Waals surface area contributed by atoms with E-state index in [1.165, 1.54) is 0 Å². The Balaban J connectivity index is 1.23. The van der Waals surface area contributed by atoms with Gasteiger partial charge in [0.15, 0.2) is 6.61 Å². The van der Waals surface area contributed by atoms with E-state index in [0.717, 1.165) is 34.9 Å². The number of carbonyl (C=O) groups excluding carboxylic acids is 2. The lowest BCUT2D eigenvalue weighted by molar-refractivity contribution is -0.129. The maximum absolute atomic E-state index is 13.0. The standard InChI is InChI=1S/C31H32N2O6S/c1-20-27(14-13-24-23-11-5-6-12-25(23)31(36)39-29(20)24)38-17-28(34)33-26(19-40-18-21-8-3-2-4-9-21)30(35)32-16-22-10-7-15-37-22/h2-6,8-9,11-14,22,26H,7,10,15-19H2,1H3,(H,32,35)(H,33,34). The average Bonchev–Trinajstić information content (AvgIpc) is 3.50. The molecule has 1 fully saturated rings. The van der Waals surface area contributed by atoms with Gasteiger partial charge in [-0.3, -0.25) is 9.59 Å². The number of fused-ring (bicyclic) bond motifs is 3. The molecule has 1 saturated heterocycles. The summed E-state index contributed by atoms with van der Waals surface area (Å²) in [6, 6.07) is 20.1. The number of benzene rings is 3. The molecule has 208 valence electrons. The van der Waals surface area contributed by atoms with Gasteiger partial charge in [0.2, 0.25) is 5.91 Å². The first-order valence-electron chi connectivity index (χ1n) is 13.4. The normalized spacial score (nSPS) is 15.7. The van der Waals surface area contributed by atoms with E-state index in [9.17, 15) is 14.4 Å². The molecule has 9 heteroatoms. The predicted octanol–water partition coefficient (Wildman–Crippen LogP) is 4.35. The lowest BCUT2D eigenvalue weighted by Gasteiger charge is -2.20. The van der Waals surface area contributed by atoms with E-state index in [1.54, 1.807) is 36.9 Å². The number of aryl methyl sites for hydroxylation is 1. The van der Waals surface area contributed by atoms with Gasteiger partial charge in [-0.2, -0.15) is 11.8 Å². The van der Waals surface area contributed by atoms with E-state index in [-0.39, 0.29) is 18.6 Å². The van der Waals surface area contributed by atoms with E-state index in [0.29, 0.717) is 41.2 Å². The molecule has 1 aliphatic rings. The average molecular weight is 561 g/mol. The summed E-state index contributed by atoms with van der Waals surface area (Å²) in [5.74, 6) is 0.889. The van der Waals surface area contributed by atoms with Crippen LogP contribution in [0, 0.1) is 6.92 Å². The van der Waals surface area contributed by atoms with Crippen LogP contribution in [0.4, 0.5) is 0 Å². The number of thioether (sulfide) groups is 1. The molecule has 0 spiro atoms. The number of amides is 2. The monoisotopic (exact) mass is 560 g/mol. The third-order valence-corrected chi connectivity index (χ3v) is 8.03. The van der Waals surface area contributed by atoms with Crippen LogP contribution < -0.4 is 21.0 Å². The van der Waals surface area contributed by atoms with Crippen molar-refractivity contribution in [2.45, 2.75) is 37.7 Å². The number of hydrogen-bond acceptors (Lipinski definition) is 7. The fourth-order valence-corrected chi connectivity index (χ4v) is 5.81. The Morgan fingerprint density at radius 1 is 1.02 bits per heavy atom. The van der Waals surface area contributed by atoms with Crippen molar-refractivity contribution in [3.05, 3.63) is 88.3 Å². The van der Waals surface area contributed by atoms with Gasteiger partial charge in [0.1, 0.15) is 17.4 Å². The Labute approximate surface area is 236 Å². The zero-order chi connectivity index (χ0) is 27.9. The maximum Gasteiger partial charge on any atom is 0.344 e. The van der Waals surface area contributed by atoms with Crippen LogP contribution in [-0.4, -0.2) is 49.5 Å². The van der Waals surface area contributed by atoms with Gasteiger partial charge in [-0.25, -0.2) is 4.79 Å². The van der Waals surface area contributed by atoms with Gasteiger partial charge in [-0.1, -0.05) is 48.5 Å². The molecule has 40 heavy (non-hydrogen) atoms. The molecule has 0 bridgehead atoms. The van der Waals surface area contributed by atoms with Crippen molar-refractivity contribution in [1.82, 2.24) is 10.6 Å². The molecule has 2 heterocycles. The molecule has 2 N–H and O–H groups in total. The number of rotatable bonds is 11. The van der Waals surface area contributed by atoms with Crippen LogP contribution in [0.3, 0.4) is 0 Å². The maximum atomic E-state index is 13.0. The molecule has 8 nitrogen and oxygen atoms in total. The topological polar surface area (TPSA) is 107 Å². The Morgan fingerprint density at radius 2 is 1.80 bits per heavy atom. The predicted molar refractivity (Wildman–Crippen MR) is 157 cm³/mol. The summed E-state index contributed by atoms with van der Waals surface area (Å²) in [5, 5.41) is 7.86. The third kappa shape index (κ3) is 6.66. The number of hydrogen-bond donors (Lipinski definition) is 2. The van der Waals surface area contributed by atoms with Gasteiger partial charge in [0.05, 0.1) is 11.5 Å². The van der Waals surface area contributed by atoms with Crippen molar-refractivity contribution in [3.63, 3.8) is 0 Å². The highest BCUT2D eigenvalue weighted by molar-refractivity contribution is 7.98. The van der Waals surface area contributed by atoms with E-state index in [4.69, 9.17) is 13.9 Å². The van der Waals surface area contributed by atoms with E-state index in [2.05, 4.69) is 10.6 Å². The summed E-state index contributed by atoms with van der Waals surface area (Å²) < 4.78 is 17.0. The Morgan fingerprint density at radius 3 is 2.58 bits per heavy atom.